The van der Waals surface area contributed by atoms with Crippen LogP contribution in [-0.2, 0) is 4.89 Å². The highest BCUT2D eigenvalue weighted by Gasteiger charge is 2.25. The molecule has 0 amide bonds. The second kappa shape index (κ2) is 7.17. The van der Waals surface area contributed by atoms with Crippen LogP contribution in [0.4, 0.5) is 11.6 Å². The number of rotatable bonds is 7. The van der Waals surface area contributed by atoms with E-state index in [0.29, 0.717) is 22.6 Å². The molecule has 1 aromatic carbocycles. The Balaban J connectivity index is 1.44. The number of H-pyrrole nitrogens is 1. The Labute approximate surface area is 165 Å². The fourth-order valence-corrected chi connectivity index (χ4v) is 3.76. The molecule has 1 aliphatic rings. The Morgan fingerprint density at radius 1 is 1.21 bits per heavy atom. The Morgan fingerprint density at radius 2 is 2.14 bits per heavy atom. The number of fused-ring (bicyclic) bond motifs is 1. The molecule has 0 atom stereocenters. The normalized spacial score (nSPS) is 13.8. The van der Waals surface area contributed by atoms with E-state index in [-0.39, 0.29) is 0 Å². The number of aromatic nitrogens is 5. The van der Waals surface area contributed by atoms with Crippen LogP contribution in [0, 0.1) is 0 Å². The van der Waals surface area contributed by atoms with Crippen molar-refractivity contribution in [1.82, 2.24) is 24.8 Å². The molecule has 0 saturated heterocycles. The monoisotopic (exact) mass is 394 g/mol. The molecule has 0 unspecified atom stereocenters. The summed E-state index contributed by atoms with van der Waals surface area (Å²) in [4.78, 5) is 15.5. The van der Waals surface area contributed by atoms with Gasteiger partial charge >= 0.3 is 0 Å². The molecule has 2 N–H and O–H groups in total. The van der Waals surface area contributed by atoms with Gasteiger partial charge < -0.3 is 10.2 Å². The number of hydrogen-bond donors (Lipinski definition) is 2. The molecule has 0 radical (unpaired) electrons. The lowest BCUT2D eigenvalue weighted by Gasteiger charge is -2.08. The van der Waals surface area contributed by atoms with Crippen molar-refractivity contribution in [3.05, 3.63) is 54.4 Å². The number of nitrogens with zero attached hydrogens (tertiary/aromatic N) is 4. The molecule has 5 rings (SSSR count). The average Bonchev–Trinajstić information content (AvgIpc) is 3.24. The zero-order valence-electron chi connectivity index (χ0n) is 15.1. The zero-order valence-corrected chi connectivity index (χ0v) is 15.9. The summed E-state index contributed by atoms with van der Waals surface area (Å²) < 4.78 is 1.81. The van der Waals surface area contributed by atoms with Crippen molar-refractivity contribution in [2.45, 2.75) is 28.8 Å². The van der Waals surface area contributed by atoms with Gasteiger partial charge in [0.1, 0.15) is 5.52 Å². The molecule has 0 aliphatic heterocycles. The predicted molar refractivity (Wildman–Crippen MR) is 105 cm³/mol. The van der Waals surface area contributed by atoms with Crippen LogP contribution < -0.4 is 10.2 Å². The third kappa shape index (κ3) is 3.54. The van der Waals surface area contributed by atoms with E-state index < -0.39 is 0 Å². The first-order chi connectivity index (χ1) is 13.8. The summed E-state index contributed by atoms with van der Waals surface area (Å²) >= 11 is 1.44. The molecule has 0 spiro atoms. The zero-order chi connectivity index (χ0) is 18.9. The second-order valence-electron chi connectivity index (χ2n) is 6.52. The molecule has 1 fully saturated rings. The topological polar surface area (TPSA) is 89.4 Å². The van der Waals surface area contributed by atoms with Crippen molar-refractivity contribution < 1.29 is 9.78 Å². The first-order valence-electron chi connectivity index (χ1n) is 8.95. The van der Waals surface area contributed by atoms with Crippen LogP contribution in [0.25, 0.3) is 5.52 Å². The summed E-state index contributed by atoms with van der Waals surface area (Å²) in [5, 5.41) is 16.0. The van der Waals surface area contributed by atoms with Gasteiger partial charge in [-0.05, 0) is 54.9 Å². The van der Waals surface area contributed by atoms with Gasteiger partial charge in [0.25, 0.3) is 0 Å². The lowest BCUT2D eigenvalue weighted by atomic mass is 10.3. The summed E-state index contributed by atoms with van der Waals surface area (Å²) in [5.74, 6) is 2.71. The third-order valence-corrected chi connectivity index (χ3v) is 5.27. The Kier molecular flexibility index (Phi) is 4.38. The van der Waals surface area contributed by atoms with E-state index in [4.69, 9.17) is 14.8 Å². The molecule has 3 heterocycles. The van der Waals surface area contributed by atoms with E-state index >= 15 is 0 Å². The van der Waals surface area contributed by atoms with Crippen LogP contribution in [0.2, 0.25) is 0 Å². The van der Waals surface area contributed by atoms with Crippen LogP contribution >= 0.6 is 11.8 Å². The predicted octanol–water partition coefficient (Wildman–Crippen LogP) is 4.16. The van der Waals surface area contributed by atoms with Gasteiger partial charge in [0, 0.05) is 28.8 Å². The SMILES string of the molecule is COOc1cccc(Sc2nc(Nc3cc(C4CC4)[nH]n3)c3cccn3n2)c1. The molecule has 8 nitrogen and oxygen atoms in total. The van der Waals surface area contributed by atoms with Crippen molar-refractivity contribution in [3.63, 3.8) is 0 Å². The number of nitrogens with one attached hydrogen (secondary N) is 2. The number of aromatic amines is 1. The molecule has 142 valence electrons. The minimum absolute atomic E-state index is 0.610. The van der Waals surface area contributed by atoms with Crippen LogP contribution in [0.15, 0.2) is 58.7 Å². The molecular formula is C19H18N6O2S. The largest absolute Gasteiger partial charge is 0.338 e. The average molecular weight is 394 g/mol. The molecule has 1 aliphatic carbocycles. The number of hydrogen-bond acceptors (Lipinski definition) is 7. The Bertz CT molecular complexity index is 1120. The highest BCUT2D eigenvalue weighted by Crippen LogP contribution is 2.39. The van der Waals surface area contributed by atoms with Crippen LogP contribution in [0.1, 0.15) is 24.5 Å². The Hall–Kier alpha value is -3.04. The van der Waals surface area contributed by atoms with Gasteiger partial charge in [0.05, 0.1) is 7.11 Å². The second-order valence-corrected chi connectivity index (χ2v) is 7.56. The van der Waals surface area contributed by atoms with E-state index in [2.05, 4.69) is 26.7 Å². The quantitative estimate of drug-likeness (QED) is 0.359. The van der Waals surface area contributed by atoms with Gasteiger partial charge in [0.15, 0.2) is 17.4 Å². The van der Waals surface area contributed by atoms with Crippen LogP contribution in [0.5, 0.6) is 5.75 Å². The molecule has 3 aromatic heterocycles. The third-order valence-electron chi connectivity index (χ3n) is 4.43. The van der Waals surface area contributed by atoms with Crippen molar-refractivity contribution >= 4 is 28.9 Å². The first kappa shape index (κ1) is 17.1. The number of benzene rings is 1. The minimum atomic E-state index is 0.610. The van der Waals surface area contributed by atoms with Crippen molar-refractivity contribution in [3.8, 4) is 5.75 Å². The standard InChI is InChI=1S/C19H18N6O2S/c1-26-27-13-4-2-5-14(10-13)28-19-21-18(16-6-3-9-25(16)24-19)20-17-11-15(22-23-17)12-7-8-12/h2-6,9-12H,7-8H2,1H3,(H2,20,21,22,23,24). The van der Waals surface area contributed by atoms with E-state index in [9.17, 15) is 0 Å². The van der Waals surface area contributed by atoms with Gasteiger partial charge in [-0.25, -0.2) is 9.50 Å². The van der Waals surface area contributed by atoms with Gasteiger partial charge in [0.2, 0.25) is 5.16 Å². The van der Waals surface area contributed by atoms with E-state index in [1.165, 1.54) is 37.4 Å². The molecule has 4 aromatic rings. The highest BCUT2D eigenvalue weighted by molar-refractivity contribution is 7.99. The summed E-state index contributed by atoms with van der Waals surface area (Å²) in [6.07, 6.45) is 4.35. The van der Waals surface area contributed by atoms with Crippen LogP contribution in [-0.4, -0.2) is 31.9 Å². The van der Waals surface area contributed by atoms with Gasteiger partial charge in [-0.3, -0.25) is 5.10 Å². The fraction of sp³-hybridized carbons (Fsp3) is 0.211. The van der Waals surface area contributed by atoms with Gasteiger partial charge in [-0.2, -0.15) is 9.99 Å². The minimum Gasteiger partial charge on any atom is -0.338 e. The molecule has 28 heavy (non-hydrogen) atoms. The summed E-state index contributed by atoms with van der Waals surface area (Å²) in [6.45, 7) is 0. The van der Waals surface area contributed by atoms with Crippen molar-refractivity contribution in [2.24, 2.45) is 0 Å². The first-order valence-corrected chi connectivity index (χ1v) is 9.76. The lowest BCUT2D eigenvalue weighted by molar-refractivity contribution is -0.178. The van der Waals surface area contributed by atoms with E-state index in [1.807, 2.05) is 47.1 Å². The summed E-state index contributed by atoms with van der Waals surface area (Å²) in [5.41, 5.74) is 2.06. The van der Waals surface area contributed by atoms with Crippen molar-refractivity contribution in [2.75, 3.05) is 12.4 Å². The maximum Gasteiger partial charge on any atom is 0.214 e. The maximum absolute atomic E-state index is 5.09. The van der Waals surface area contributed by atoms with Gasteiger partial charge in [-0.15, -0.1) is 5.10 Å². The highest BCUT2D eigenvalue weighted by atomic mass is 32.2. The summed E-state index contributed by atoms with van der Waals surface area (Å²) in [7, 11) is 1.48. The molecule has 0 bridgehead atoms. The molecule has 9 heteroatoms. The summed E-state index contributed by atoms with van der Waals surface area (Å²) in [6, 6.07) is 13.5. The molecular weight excluding hydrogens is 376 g/mol. The molecule has 1 saturated carbocycles. The van der Waals surface area contributed by atoms with Crippen LogP contribution in [0.3, 0.4) is 0 Å². The number of anilines is 2. The Morgan fingerprint density at radius 3 is 3.00 bits per heavy atom. The van der Waals surface area contributed by atoms with Gasteiger partial charge in [-0.1, -0.05) is 6.07 Å². The van der Waals surface area contributed by atoms with E-state index in [0.717, 1.165) is 16.2 Å². The fourth-order valence-electron chi connectivity index (χ4n) is 2.97. The lowest BCUT2D eigenvalue weighted by Crippen LogP contribution is -2.02. The van der Waals surface area contributed by atoms with E-state index in [1.54, 1.807) is 0 Å². The smallest absolute Gasteiger partial charge is 0.214 e. The van der Waals surface area contributed by atoms with Crippen molar-refractivity contribution in [1.29, 1.82) is 0 Å². The maximum atomic E-state index is 5.09.